The third-order valence-corrected chi connectivity index (χ3v) is 5.33. The third-order valence-electron chi connectivity index (χ3n) is 3.75. The molecule has 0 saturated heterocycles. The number of nitrogens with one attached hydrogen (secondary N) is 1. The summed E-state index contributed by atoms with van der Waals surface area (Å²) in [6.45, 7) is 0. The summed E-state index contributed by atoms with van der Waals surface area (Å²) in [6.07, 6.45) is 1.63. The molecule has 0 radical (unpaired) electrons. The van der Waals surface area contributed by atoms with Crippen LogP contribution in [0.3, 0.4) is 0 Å². The van der Waals surface area contributed by atoms with Gasteiger partial charge in [0.05, 0.1) is 16.4 Å². The Morgan fingerprint density at radius 2 is 1.95 bits per heavy atom. The average Bonchev–Trinajstić information content (AvgIpc) is 2.46. The highest BCUT2D eigenvalue weighted by molar-refractivity contribution is 7.89. The van der Waals surface area contributed by atoms with Crippen LogP contribution in [0.5, 0.6) is 0 Å². The molecule has 1 aliphatic rings. The van der Waals surface area contributed by atoms with Crippen molar-refractivity contribution in [3.63, 3.8) is 0 Å². The molecule has 0 heterocycles. The molecule has 0 atom stereocenters. The highest BCUT2D eigenvalue weighted by Gasteiger charge is 2.29. The number of rotatable bonds is 4. The van der Waals surface area contributed by atoms with Crippen molar-refractivity contribution in [3.8, 4) is 6.07 Å². The van der Waals surface area contributed by atoms with Crippen molar-refractivity contribution in [1.29, 1.82) is 5.26 Å². The Hall–Kier alpha value is -1.98. The minimum Gasteiger partial charge on any atom is -0.481 e. The fraction of sp³-hybridized carbons (Fsp3) is 0.429. The van der Waals surface area contributed by atoms with Crippen LogP contribution in [0.2, 0.25) is 0 Å². The molecule has 1 aliphatic carbocycles. The lowest BCUT2D eigenvalue weighted by molar-refractivity contribution is -0.142. The summed E-state index contributed by atoms with van der Waals surface area (Å²) < 4.78 is 40.2. The molecule has 0 aliphatic heterocycles. The maximum atomic E-state index is 13.1. The molecule has 22 heavy (non-hydrogen) atoms. The number of halogens is 1. The molecule has 0 spiro atoms. The Morgan fingerprint density at radius 3 is 2.50 bits per heavy atom. The first-order valence-corrected chi connectivity index (χ1v) is 8.26. The lowest BCUT2D eigenvalue weighted by Gasteiger charge is -2.26. The van der Waals surface area contributed by atoms with Crippen LogP contribution in [0, 0.1) is 23.1 Å². The second-order valence-electron chi connectivity index (χ2n) is 5.26. The molecule has 1 aromatic carbocycles. The standard InChI is InChI=1S/C14H15FN2O4S/c15-11-3-6-13(10(7-11)8-16)22(20,21)17-12-4-1-9(2-5-12)14(18)19/h3,6-7,9,12,17H,1-2,4-5H2,(H,18,19). The molecule has 8 heteroatoms. The van der Waals surface area contributed by atoms with Gasteiger partial charge < -0.3 is 5.11 Å². The predicted octanol–water partition coefficient (Wildman–Crippen LogP) is 1.62. The van der Waals surface area contributed by atoms with Gasteiger partial charge in [0.15, 0.2) is 0 Å². The van der Waals surface area contributed by atoms with Crippen LogP contribution in [-0.4, -0.2) is 25.5 Å². The fourth-order valence-electron chi connectivity index (χ4n) is 2.57. The molecule has 6 nitrogen and oxygen atoms in total. The van der Waals surface area contributed by atoms with Gasteiger partial charge in [-0.15, -0.1) is 0 Å². The maximum absolute atomic E-state index is 13.1. The number of sulfonamides is 1. The van der Waals surface area contributed by atoms with E-state index in [4.69, 9.17) is 10.4 Å². The van der Waals surface area contributed by atoms with Gasteiger partial charge in [0.25, 0.3) is 0 Å². The molecule has 1 aromatic rings. The molecule has 2 rings (SSSR count). The normalized spacial score (nSPS) is 22.0. The summed E-state index contributed by atoms with van der Waals surface area (Å²) in [5.74, 6) is -2.00. The first-order chi connectivity index (χ1) is 10.3. The number of hydrogen-bond acceptors (Lipinski definition) is 4. The zero-order valence-electron chi connectivity index (χ0n) is 11.6. The monoisotopic (exact) mass is 326 g/mol. The van der Waals surface area contributed by atoms with Crippen LogP contribution in [0.4, 0.5) is 4.39 Å². The van der Waals surface area contributed by atoms with Gasteiger partial charge in [-0.25, -0.2) is 17.5 Å². The van der Waals surface area contributed by atoms with Gasteiger partial charge >= 0.3 is 5.97 Å². The topological polar surface area (TPSA) is 107 Å². The lowest BCUT2D eigenvalue weighted by atomic mass is 9.87. The number of nitrogens with zero attached hydrogens (tertiary/aromatic N) is 1. The van der Waals surface area contributed by atoms with Crippen molar-refractivity contribution in [1.82, 2.24) is 4.72 Å². The van der Waals surface area contributed by atoms with Crippen molar-refractivity contribution in [2.24, 2.45) is 5.92 Å². The van der Waals surface area contributed by atoms with Crippen molar-refractivity contribution < 1.29 is 22.7 Å². The van der Waals surface area contributed by atoms with Gasteiger partial charge in [-0.1, -0.05) is 0 Å². The molecule has 2 N–H and O–H groups in total. The van der Waals surface area contributed by atoms with Crippen molar-refractivity contribution in [2.75, 3.05) is 0 Å². The van der Waals surface area contributed by atoms with E-state index in [1.54, 1.807) is 6.07 Å². The summed E-state index contributed by atoms with van der Waals surface area (Å²) in [5.41, 5.74) is -0.258. The van der Waals surface area contributed by atoms with E-state index in [0.717, 1.165) is 18.2 Å². The molecule has 0 amide bonds. The van der Waals surface area contributed by atoms with Crippen molar-refractivity contribution in [2.45, 2.75) is 36.6 Å². The number of carbonyl (C=O) groups is 1. The van der Waals surface area contributed by atoms with E-state index >= 15 is 0 Å². The molecule has 0 unspecified atom stereocenters. The molecular formula is C14H15FN2O4S. The second-order valence-corrected chi connectivity index (χ2v) is 6.94. The Balaban J connectivity index is 2.13. The summed E-state index contributed by atoms with van der Waals surface area (Å²) in [5, 5.41) is 17.9. The summed E-state index contributed by atoms with van der Waals surface area (Å²) in [7, 11) is -3.94. The number of benzene rings is 1. The number of carboxylic acids is 1. The van der Waals surface area contributed by atoms with Crippen LogP contribution in [0.25, 0.3) is 0 Å². The number of hydrogen-bond donors (Lipinski definition) is 2. The Labute approximate surface area is 127 Å². The van der Waals surface area contributed by atoms with E-state index in [-0.39, 0.29) is 16.5 Å². The zero-order chi connectivity index (χ0) is 16.3. The van der Waals surface area contributed by atoms with E-state index < -0.39 is 27.7 Å². The van der Waals surface area contributed by atoms with Gasteiger partial charge in [-0.2, -0.15) is 5.26 Å². The maximum Gasteiger partial charge on any atom is 0.306 e. The van der Waals surface area contributed by atoms with Crippen LogP contribution in [0.1, 0.15) is 31.2 Å². The average molecular weight is 326 g/mol. The van der Waals surface area contributed by atoms with Gasteiger partial charge in [-0.3, -0.25) is 4.79 Å². The molecule has 118 valence electrons. The van der Waals surface area contributed by atoms with Gasteiger partial charge in [0.2, 0.25) is 10.0 Å². The summed E-state index contributed by atoms with van der Waals surface area (Å²) in [6, 6.07) is 4.20. The highest BCUT2D eigenvalue weighted by atomic mass is 32.2. The van der Waals surface area contributed by atoms with Crippen molar-refractivity contribution in [3.05, 3.63) is 29.6 Å². The van der Waals surface area contributed by atoms with Crippen molar-refractivity contribution >= 4 is 16.0 Å². The van der Waals surface area contributed by atoms with E-state index in [0.29, 0.717) is 25.7 Å². The first-order valence-electron chi connectivity index (χ1n) is 6.78. The largest absolute Gasteiger partial charge is 0.481 e. The first kappa shape index (κ1) is 16.4. The van der Waals surface area contributed by atoms with Gasteiger partial charge in [-0.05, 0) is 43.9 Å². The minimum absolute atomic E-state index is 0.258. The predicted molar refractivity (Wildman–Crippen MR) is 74.8 cm³/mol. The number of nitriles is 1. The van der Waals surface area contributed by atoms with Crippen LogP contribution in [0.15, 0.2) is 23.1 Å². The quantitative estimate of drug-likeness (QED) is 0.874. The summed E-state index contributed by atoms with van der Waals surface area (Å²) in [4.78, 5) is 10.6. The zero-order valence-corrected chi connectivity index (χ0v) is 12.4. The van der Waals surface area contributed by atoms with Crippen LogP contribution < -0.4 is 4.72 Å². The summed E-state index contributed by atoms with van der Waals surface area (Å²) >= 11 is 0. The minimum atomic E-state index is -3.94. The molecule has 0 aromatic heterocycles. The van der Waals surface area contributed by atoms with Crippen LogP contribution >= 0.6 is 0 Å². The smallest absolute Gasteiger partial charge is 0.306 e. The van der Waals surface area contributed by atoms with E-state index in [1.165, 1.54) is 0 Å². The molecular weight excluding hydrogens is 311 g/mol. The Bertz CT molecular complexity index is 719. The molecule has 1 saturated carbocycles. The van der Waals surface area contributed by atoms with E-state index in [2.05, 4.69) is 4.72 Å². The Morgan fingerprint density at radius 1 is 1.32 bits per heavy atom. The highest BCUT2D eigenvalue weighted by Crippen LogP contribution is 2.26. The van der Waals surface area contributed by atoms with Crippen LogP contribution in [-0.2, 0) is 14.8 Å². The SMILES string of the molecule is N#Cc1cc(F)ccc1S(=O)(=O)NC1CCC(C(=O)O)CC1. The van der Waals surface area contributed by atoms with E-state index in [9.17, 15) is 17.6 Å². The van der Waals surface area contributed by atoms with Gasteiger partial charge in [0.1, 0.15) is 11.9 Å². The molecule has 0 bridgehead atoms. The second kappa shape index (κ2) is 6.42. The number of carboxylic acid groups (broad SMARTS) is 1. The molecule has 1 fully saturated rings. The third kappa shape index (κ3) is 3.61. The number of aliphatic carboxylic acids is 1. The Kier molecular flexibility index (Phi) is 4.78. The lowest BCUT2D eigenvalue weighted by Crippen LogP contribution is -2.38. The van der Waals surface area contributed by atoms with Gasteiger partial charge in [0, 0.05) is 6.04 Å². The fourth-order valence-corrected chi connectivity index (χ4v) is 4.01. The van der Waals surface area contributed by atoms with E-state index in [1.807, 2.05) is 0 Å².